The van der Waals surface area contributed by atoms with E-state index in [9.17, 15) is 19.2 Å². The summed E-state index contributed by atoms with van der Waals surface area (Å²) in [5, 5.41) is 4.93. The van der Waals surface area contributed by atoms with E-state index in [4.69, 9.17) is 0 Å². The molecule has 1 atom stereocenters. The SMILES string of the molecule is COC(=O)Nc1ccc(NC(=O)OC)c(C(C(C)=O)C(=O)c2cccnc2)c1. The van der Waals surface area contributed by atoms with Crippen molar-refractivity contribution in [1.29, 1.82) is 0 Å². The molecule has 1 heterocycles. The van der Waals surface area contributed by atoms with E-state index in [0.717, 1.165) is 0 Å². The molecule has 1 aromatic heterocycles. The molecule has 0 aliphatic rings. The predicted octanol–water partition coefficient (Wildman–Crippen LogP) is 2.99. The Balaban J connectivity index is 2.55. The first-order valence-corrected chi connectivity index (χ1v) is 8.16. The molecule has 0 spiro atoms. The van der Waals surface area contributed by atoms with Gasteiger partial charge in [-0.3, -0.25) is 25.2 Å². The third-order valence-corrected chi connectivity index (χ3v) is 3.83. The van der Waals surface area contributed by atoms with E-state index in [1.807, 2.05) is 0 Å². The molecule has 0 aliphatic carbocycles. The van der Waals surface area contributed by atoms with E-state index < -0.39 is 29.7 Å². The van der Waals surface area contributed by atoms with Crippen molar-refractivity contribution < 1.29 is 28.7 Å². The largest absolute Gasteiger partial charge is 0.453 e. The van der Waals surface area contributed by atoms with Gasteiger partial charge in [0.05, 0.1) is 14.2 Å². The number of hydrogen-bond acceptors (Lipinski definition) is 7. The van der Waals surface area contributed by atoms with Gasteiger partial charge in [0.15, 0.2) is 5.78 Å². The van der Waals surface area contributed by atoms with Crippen LogP contribution in [-0.4, -0.2) is 43.0 Å². The van der Waals surface area contributed by atoms with E-state index in [1.54, 1.807) is 6.07 Å². The summed E-state index contributed by atoms with van der Waals surface area (Å²) in [5.41, 5.74) is 0.904. The quantitative estimate of drug-likeness (QED) is 0.578. The highest BCUT2D eigenvalue weighted by Crippen LogP contribution is 2.31. The first-order chi connectivity index (χ1) is 13.4. The summed E-state index contributed by atoms with van der Waals surface area (Å²) in [6.07, 6.45) is 1.36. The fourth-order valence-electron chi connectivity index (χ4n) is 2.54. The topological polar surface area (TPSA) is 124 Å². The Morgan fingerprint density at radius 1 is 1.00 bits per heavy atom. The second kappa shape index (κ2) is 9.26. The van der Waals surface area contributed by atoms with Gasteiger partial charge < -0.3 is 9.47 Å². The zero-order chi connectivity index (χ0) is 20.7. The molecule has 0 saturated carbocycles. The van der Waals surface area contributed by atoms with Crippen molar-refractivity contribution in [3.05, 3.63) is 53.9 Å². The monoisotopic (exact) mass is 385 g/mol. The van der Waals surface area contributed by atoms with Crippen LogP contribution in [0.25, 0.3) is 0 Å². The van der Waals surface area contributed by atoms with E-state index in [0.29, 0.717) is 0 Å². The normalized spacial score (nSPS) is 11.1. The molecule has 9 nitrogen and oxygen atoms in total. The van der Waals surface area contributed by atoms with Crippen LogP contribution in [-0.2, 0) is 14.3 Å². The molecule has 2 amide bonds. The Morgan fingerprint density at radius 3 is 2.25 bits per heavy atom. The third kappa shape index (κ3) is 4.91. The lowest BCUT2D eigenvalue weighted by atomic mass is 9.87. The first-order valence-electron chi connectivity index (χ1n) is 8.16. The molecule has 0 bridgehead atoms. The predicted molar refractivity (Wildman–Crippen MR) is 100 cm³/mol. The number of carbonyl (C=O) groups is 4. The van der Waals surface area contributed by atoms with Crippen LogP contribution < -0.4 is 10.6 Å². The molecular formula is C19H19N3O6. The van der Waals surface area contributed by atoms with Gasteiger partial charge in [-0.15, -0.1) is 0 Å². The Hall–Kier alpha value is -3.75. The highest BCUT2D eigenvalue weighted by atomic mass is 16.5. The number of benzene rings is 1. The molecule has 0 radical (unpaired) electrons. The minimum atomic E-state index is -1.23. The molecular weight excluding hydrogens is 366 g/mol. The maximum absolute atomic E-state index is 13.0. The molecule has 1 aromatic carbocycles. The zero-order valence-electron chi connectivity index (χ0n) is 15.5. The van der Waals surface area contributed by atoms with Crippen LogP contribution in [0.1, 0.15) is 28.8 Å². The number of pyridine rings is 1. The molecule has 28 heavy (non-hydrogen) atoms. The third-order valence-electron chi connectivity index (χ3n) is 3.83. The van der Waals surface area contributed by atoms with Crippen LogP contribution >= 0.6 is 0 Å². The van der Waals surface area contributed by atoms with Crippen molar-refractivity contribution in [2.24, 2.45) is 0 Å². The fraction of sp³-hybridized carbons (Fsp3) is 0.211. The summed E-state index contributed by atoms with van der Waals surface area (Å²) < 4.78 is 9.14. The molecule has 2 rings (SSSR count). The zero-order valence-corrected chi connectivity index (χ0v) is 15.5. The van der Waals surface area contributed by atoms with Gasteiger partial charge >= 0.3 is 12.2 Å². The summed E-state index contributed by atoms with van der Waals surface area (Å²) in [7, 11) is 2.39. The lowest BCUT2D eigenvalue weighted by Gasteiger charge is -2.19. The smallest absolute Gasteiger partial charge is 0.411 e. The van der Waals surface area contributed by atoms with Crippen LogP contribution in [0.5, 0.6) is 0 Å². The van der Waals surface area contributed by atoms with Crippen LogP contribution in [0, 0.1) is 0 Å². The van der Waals surface area contributed by atoms with Crippen LogP contribution in [0.4, 0.5) is 21.0 Å². The molecule has 0 fully saturated rings. The lowest BCUT2D eigenvalue weighted by Crippen LogP contribution is -2.23. The summed E-state index contributed by atoms with van der Waals surface area (Å²) >= 11 is 0. The first kappa shape index (κ1) is 20.6. The lowest BCUT2D eigenvalue weighted by molar-refractivity contribution is -0.117. The van der Waals surface area contributed by atoms with Gasteiger partial charge in [0.25, 0.3) is 0 Å². The van der Waals surface area contributed by atoms with Crippen LogP contribution in [0.2, 0.25) is 0 Å². The van der Waals surface area contributed by atoms with Crippen molar-refractivity contribution in [2.45, 2.75) is 12.8 Å². The Morgan fingerprint density at radius 2 is 1.68 bits per heavy atom. The molecule has 9 heteroatoms. The summed E-state index contributed by atoms with van der Waals surface area (Å²) in [5.74, 6) is -2.17. The Kier molecular flexibility index (Phi) is 6.80. The number of ketones is 2. The minimum absolute atomic E-state index is 0.194. The number of Topliss-reactive ketones (excluding diaryl/α,β-unsaturated/α-hetero) is 2. The van der Waals surface area contributed by atoms with Crippen molar-refractivity contribution in [3.8, 4) is 0 Å². The van der Waals surface area contributed by atoms with E-state index >= 15 is 0 Å². The number of nitrogens with one attached hydrogen (secondary N) is 2. The highest BCUT2D eigenvalue weighted by Gasteiger charge is 2.30. The minimum Gasteiger partial charge on any atom is -0.453 e. The average molecular weight is 385 g/mol. The maximum Gasteiger partial charge on any atom is 0.411 e. The van der Waals surface area contributed by atoms with E-state index in [-0.39, 0.29) is 22.5 Å². The summed E-state index contributed by atoms with van der Waals surface area (Å²) in [6.45, 7) is 1.27. The number of rotatable bonds is 6. The molecule has 1 unspecified atom stereocenters. The van der Waals surface area contributed by atoms with Crippen LogP contribution in [0.3, 0.4) is 0 Å². The summed E-state index contributed by atoms with van der Waals surface area (Å²) in [4.78, 5) is 52.4. The van der Waals surface area contributed by atoms with Gasteiger partial charge in [-0.1, -0.05) is 0 Å². The van der Waals surface area contributed by atoms with Gasteiger partial charge in [0.1, 0.15) is 11.7 Å². The van der Waals surface area contributed by atoms with Gasteiger partial charge in [-0.25, -0.2) is 9.59 Å². The summed E-state index contributed by atoms with van der Waals surface area (Å²) in [6, 6.07) is 7.46. The number of anilines is 2. The van der Waals surface area contributed by atoms with Gasteiger partial charge in [-0.2, -0.15) is 0 Å². The number of methoxy groups -OCH3 is 2. The molecule has 2 N–H and O–H groups in total. The van der Waals surface area contributed by atoms with E-state index in [2.05, 4.69) is 25.1 Å². The van der Waals surface area contributed by atoms with Gasteiger partial charge in [-0.05, 0) is 42.8 Å². The number of nitrogens with zero attached hydrogens (tertiary/aromatic N) is 1. The standard InChI is InChI=1S/C19H19N3O6/c1-11(23)16(17(24)12-5-4-8-20-10-12)14-9-13(21-18(25)27-2)6-7-15(14)22-19(26)28-3/h4-10,16H,1-3H3,(H,21,25)(H,22,26). The van der Waals surface area contributed by atoms with E-state index in [1.165, 1.54) is 57.8 Å². The van der Waals surface area contributed by atoms with Crippen molar-refractivity contribution in [3.63, 3.8) is 0 Å². The Bertz CT molecular complexity index is 898. The maximum atomic E-state index is 13.0. The fourth-order valence-corrected chi connectivity index (χ4v) is 2.54. The molecule has 0 aliphatic heterocycles. The number of aromatic nitrogens is 1. The van der Waals surface area contributed by atoms with Crippen LogP contribution in [0.15, 0.2) is 42.7 Å². The number of amides is 2. The number of ether oxygens (including phenoxy) is 2. The number of carbonyl (C=O) groups excluding carboxylic acids is 4. The van der Waals surface area contributed by atoms with Crippen molar-refractivity contribution >= 4 is 35.1 Å². The highest BCUT2D eigenvalue weighted by molar-refractivity contribution is 6.15. The van der Waals surface area contributed by atoms with Gasteiger partial charge in [0.2, 0.25) is 0 Å². The molecule has 2 aromatic rings. The second-order valence-corrected chi connectivity index (χ2v) is 5.68. The van der Waals surface area contributed by atoms with Crippen molar-refractivity contribution in [2.75, 3.05) is 24.9 Å². The molecule has 146 valence electrons. The van der Waals surface area contributed by atoms with Gasteiger partial charge in [0, 0.05) is 29.3 Å². The number of hydrogen-bond donors (Lipinski definition) is 2. The van der Waals surface area contributed by atoms with Crippen molar-refractivity contribution in [1.82, 2.24) is 4.98 Å². The Labute approximate surface area is 161 Å². The molecule has 0 saturated heterocycles. The average Bonchev–Trinajstić information content (AvgIpc) is 2.70. The second-order valence-electron chi connectivity index (χ2n) is 5.68.